The fourth-order valence-electron chi connectivity index (χ4n) is 1.43. The molecule has 0 radical (unpaired) electrons. The number of nitrogens with one attached hydrogen (secondary N) is 2. The molecule has 2 N–H and O–H groups in total. The number of nitro benzene ring substituents is 2. The molecule has 96 valence electrons. The molecule has 9 nitrogen and oxygen atoms in total. The van der Waals surface area contributed by atoms with E-state index < -0.39 is 27.1 Å². The minimum atomic E-state index is -0.760. The smallest absolute Gasteiger partial charge is 0.301 e. The van der Waals surface area contributed by atoms with E-state index in [9.17, 15) is 25.0 Å². The first-order valence-corrected chi connectivity index (χ1v) is 4.79. The number of nitrogens with zero attached hydrogens (tertiary/aromatic N) is 2. The highest BCUT2D eigenvalue weighted by atomic mass is 16.6. The van der Waals surface area contributed by atoms with Crippen molar-refractivity contribution < 1.29 is 14.6 Å². The summed E-state index contributed by atoms with van der Waals surface area (Å²) in [7, 11) is 1.34. The van der Waals surface area contributed by atoms with Crippen LogP contribution in [0.5, 0.6) is 0 Å². The van der Waals surface area contributed by atoms with Crippen molar-refractivity contribution in [3.63, 3.8) is 0 Å². The van der Waals surface area contributed by atoms with Gasteiger partial charge in [-0.1, -0.05) is 0 Å². The van der Waals surface area contributed by atoms with Crippen LogP contribution < -0.4 is 10.6 Å². The van der Waals surface area contributed by atoms with Gasteiger partial charge in [-0.15, -0.1) is 0 Å². The summed E-state index contributed by atoms with van der Waals surface area (Å²) in [6.45, 7) is 1.20. The first kappa shape index (κ1) is 13.4. The second-order valence-electron chi connectivity index (χ2n) is 3.33. The van der Waals surface area contributed by atoms with E-state index >= 15 is 0 Å². The highest BCUT2D eigenvalue weighted by Gasteiger charge is 2.26. The molecule has 1 aromatic carbocycles. The van der Waals surface area contributed by atoms with Crippen LogP contribution in [0.4, 0.5) is 22.7 Å². The first-order chi connectivity index (χ1) is 8.36. The van der Waals surface area contributed by atoms with Gasteiger partial charge in [-0.2, -0.15) is 0 Å². The minimum absolute atomic E-state index is 0.0000926. The number of amides is 1. The summed E-state index contributed by atoms with van der Waals surface area (Å²) in [5.74, 6) is -0.476. The van der Waals surface area contributed by atoms with Crippen LogP contribution >= 0.6 is 0 Å². The average Bonchev–Trinajstić information content (AvgIpc) is 2.26. The van der Waals surface area contributed by atoms with Crippen molar-refractivity contribution in [2.75, 3.05) is 17.7 Å². The lowest BCUT2D eigenvalue weighted by atomic mass is 10.2. The molecule has 0 saturated heterocycles. The molecule has 0 spiro atoms. The molecule has 1 rings (SSSR count). The Morgan fingerprint density at radius 2 is 1.61 bits per heavy atom. The quantitative estimate of drug-likeness (QED) is 0.619. The highest BCUT2D eigenvalue weighted by Crippen LogP contribution is 2.37. The van der Waals surface area contributed by atoms with Crippen LogP contribution in [0.1, 0.15) is 6.92 Å². The fraction of sp³-hybridized carbons (Fsp3) is 0.222. The number of carbonyl (C=O) groups excluding carboxylic acids is 1. The molecule has 0 atom stereocenters. The van der Waals surface area contributed by atoms with E-state index in [0.29, 0.717) is 0 Å². The Balaban J connectivity index is 3.48. The maximum absolute atomic E-state index is 10.9. The zero-order chi connectivity index (χ0) is 13.9. The van der Waals surface area contributed by atoms with Gasteiger partial charge in [0.05, 0.1) is 15.5 Å². The Hall–Kier alpha value is -2.71. The first-order valence-electron chi connectivity index (χ1n) is 4.79. The predicted octanol–water partition coefficient (Wildman–Crippen LogP) is 1.50. The molecule has 1 aromatic rings. The van der Waals surface area contributed by atoms with Gasteiger partial charge in [-0.25, -0.2) is 0 Å². The Labute approximate surface area is 101 Å². The number of anilines is 2. The summed E-state index contributed by atoms with van der Waals surface area (Å²) in [5, 5.41) is 26.3. The molecular weight excluding hydrogens is 244 g/mol. The molecule has 0 aromatic heterocycles. The lowest BCUT2D eigenvalue weighted by molar-refractivity contribution is -0.392. The Bertz CT molecular complexity index is 493. The highest BCUT2D eigenvalue weighted by molar-refractivity contribution is 5.91. The summed E-state index contributed by atoms with van der Waals surface area (Å²) < 4.78 is 0. The number of hydrogen-bond donors (Lipinski definition) is 2. The van der Waals surface area contributed by atoms with Gasteiger partial charge in [0, 0.05) is 26.1 Å². The van der Waals surface area contributed by atoms with Crippen molar-refractivity contribution in [1.29, 1.82) is 0 Å². The number of hydrogen-bond acceptors (Lipinski definition) is 6. The van der Waals surface area contributed by atoms with Crippen LogP contribution in [0.25, 0.3) is 0 Å². The van der Waals surface area contributed by atoms with Gasteiger partial charge < -0.3 is 10.6 Å². The molecule has 18 heavy (non-hydrogen) atoms. The van der Waals surface area contributed by atoms with E-state index in [1.807, 2.05) is 0 Å². The van der Waals surface area contributed by atoms with Crippen molar-refractivity contribution >= 4 is 28.7 Å². The lowest BCUT2D eigenvalue weighted by Crippen LogP contribution is -2.08. The van der Waals surface area contributed by atoms with Crippen LogP contribution in [-0.2, 0) is 4.79 Å². The van der Waals surface area contributed by atoms with Crippen molar-refractivity contribution in [2.24, 2.45) is 0 Å². The molecule has 0 aliphatic rings. The zero-order valence-electron chi connectivity index (χ0n) is 9.59. The third kappa shape index (κ3) is 2.70. The second kappa shape index (κ2) is 5.08. The molecular formula is C9H10N4O5. The van der Waals surface area contributed by atoms with Gasteiger partial charge in [0.1, 0.15) is 0 Å². The van der Waals surface area contributed by atoms with Crippen LogP contribution in [0.3, 0.4) is 0 Å². The molecule has 0 saturated carbocycles. The van der Waals surface area contributed by atoms with Gasteiger partial charge in [-0.3, -0.25) is 25.0 Å². The van der Waals surface area contributed by atoms with Gasteiger partial charge in [0.25, 0.3) is 0 Å². The molecule has 9 heteroatoms. The Morgan fingerprint density at radius 3 is 1.89 bits per heavy atom. The van der Waals surface area contributed by atoms with Gasteiger partial charge in [0.15, 0.2) is 5.69 Å². The summed E-state index contributed by atoms with van der Waals surface area (Å²) in [6, 6.07) is 2.11. The van der Waals surface area contributed by atoms with E-state index in [2.05, 4.69) is 10.6 Å². The lowest BCUT2D eigenvalue weighted by Gasteiger charge is -2.07. The van der Waals surface area contributed by atoms with E-state index in [1.165, 1.54) is 14.0 Å². The molecule has 0 fully saturated rings. The van der Waals surface area contributed by atoms with Gasteiger partial charge in [0.2, 0.25) is 5.91 Å². The molecule has 0 unspecified atom stereocenters. The van der Waals surface area contributed by atoms with E-state index in [-0.39, 0.29) is 11.4 Å². The van der Waals surface area contributed by atoms with Gasteiger partial charge in [-0.05, 0) is 0 Å². The van der Waals surface area contributed by atoms with Crippen LogP contribution in [0, 0.1) is 20.2 Å². The zero-order valence-corrected chi connectivity index (χ0v) is 9.59. The molecule has 0 bridgehead atoms. The third-order valence-corrected chi connectivity index (χ3v) is 2.06. The van der Waals surface area contributed by atoms with Crippen molar-refractivity contribution in [3.05, 3.63) is 32.4 Å². The summed E-state index contributed by atoms with van der Waals surface area (Å²) in [4.78, 5) is 31.0. The normalized spacial score (nSPS) is 9.67. The van der Waals surface area contributed by atoms with E-state index in [1.54, 1.807) is 0 Å². The van der Waals surface area contributed by atoms with Crippen molar-refractivity contribution in [2.45, 2.75) is 6.92 Å². The number of rotatable bonds is 4. The fourth-order valence-corrected chi connectivity index (χ4v) is 1.43. The molecule has 1 amide bonds. The van der Waals surface area contributed by atoms with Crippen molar-refractivity contribution in [1.82, 2.24) is 0 Å². The number of nitro groups is 2. The number of carbonyl (C=O) groups is 1. The summed E-state index contributed by atoms with van der Waals surface area (Å²) in [5.41, 5.74) is -1.16. The van der Waals surface area contributed by atoms with Crippen LogP contribution in [0.15, 0.2) is 12.1 Å². The second-order valence-corrected chi connectivity index (χ2v) is 3.33. The monoisotopic (exact) mass is 254 g/mol. The van der Waals surface area contributed by atoms with Crippen LogP contribution in [0.2, 0.25) is 0 Å². The SMILES string of the molecule is CNc1c([N+](=O)[O-])cc(NC(C)=O)cc1[N+](=O)[O-]. The van der Waals surface area contributed by atoms with Gasteiger partial charge >= 0.3 is 11.4 Å². The van der Waals surface area contributed by atoms with E-state index in [0.717, 1.165) is 12.1 Å². The topological polar surface area (TPSA) is 127 Å². The Kier molecular flexibility index (Phi) is 3.77. The third-order valence-electron chi connectivity index (χ3n) is 2.06. The van der Waals surface area contributed by atoms with E-state index in [4.69, 9.17) is 0 Å². The maximum atomic E-state index is 10.9. The summed E-state index contributed by atoms with van der Waals surface area (Å²) in [6.07, 6.45) is 0. The predicted molar refractivity (Wildman–Crippen MR) is 63.6 cm³/mol. The standard InChI is InChI=1S/C9H10N4O5/c1-5(14)11-6-3-7(12(15)16)9(10-2)8(4-6)13(17)18/h3-4,10H,1-2H3,(H,11,14). The molecule has 0 heterocycles. The Morgan fingerprint density at radius 1 is 1.17 bits per heavy atom. The largest absolute Gasteiger partial charge is 0.377 e. The molecule has 0 aliphatic carbocycles. The van der Waals surface area contributed by atoms with Crippen LogP contribution in [-0.4, -0.2) is 22.8 Å². The van der Waals surface area contributed by atoms with Crippen molar-refractivity contribution in [3.8, 4) is 0 Å². The molecule has 0 aliphatic heterocycles. The summed E-state index contributed by atoms with van der Waals surface area (Å²) >= 11 is 0. The number of benzene rings is 1. The minimum Gasteiger partial charge on any atom is -0.377 e. The average molecular weight is 254 g/mol. The maximum Gasteiger partial charge on any atom is 0.301 e.